The Bertz CT molecular complexity index is 1100. The van der Waals surface area contributed by atoms with Crippen molar-refractivity contribution in [1.29, 1.82) is 0 Å². The third-order valence-electron chi connectivity index (χ3n) is 9.78. The summed E-state index contributed by atoms with van der Waals surface area (Å²) in [7, 11) is 0. The van der Waals surface area contributed by atoms with Gasteiger partial charge in [-0.25, -0.2) is 9.59 Å². The fraction of sp³-hybridized carbons (Fsp3) is 0.860. The molecule has 0 fully saturated rings. The topological polar surface area (TPSA) is 209 Å². The third-order valence-corrected chi connectivity index (χ3v) is 9.78. The average molecular weight is 942 g/mol. The minimum Gasteiger partial charge on any atom is -1.00 e. The van der Waals surface area contributed by atoms with Crippen LogP contribution in [0.3, 0.4) is 0 Å². The van der Waals surface area contributed by atoms with Crippen LogP contribution in [0, 0.1) is 0 Å². The molecule has 0 saturated carbocycles. The molecule has 0 rings (SSSR count). The number of amides is 1. The number of carbonyl (C=O) groups is 6. The minimum atomic E-state index is -1.31. The number of esters is 5. The Hall–Kier alpha value is 0.446. The van der Waals surface area contributed by atoms with Gasteiger partial charge in [-0.15, -0.1) is 0 Å². The van der Waals surface area contributed by atoms with Gasteiger partial charge in [0.25, 0.3) is 0 Å². The summed E-state index contributed by atoms with van der Waals surface area (Å²) in [5.74, 6) is -4.86. The number of aliphatic hydroxyl groups excluding tert-OH is 2. The van der Waals surface area contributed by atoms with Crippen LogP contribution in [0.4, 0.5) is 0 Å². The molecule has 1 amide bonds. The number of aliphatic hydroxyl groups is 2. The van der Waals surface area contributed by atoms with E-state index in [2.05, 4.69) is 19.2 Å². The van der Waals surface area contributed by atoms with Crippen molar-refractivity contribution in [3.8, 4) is 0 Å². The maximum Gasteiger partial charge on any atom is 2.00 e. The molecule has 13 nitrogen and oxygen atoms in total. The van der Waals surface area contributed by atoms with Crippen molar-refractivity contribution in [3.05, 3.63) is 0 Å². The normalized spacial score (nSPS) is 11.7. The van der Waals surface area contributed by atoms with Crippen molar-refractivity contribution in [1.82, 2.24) is 5.32 Å². The van der Waals surface area contributed by atoms with Crippen molar-refractivity contribution < 1.29 is 140 Å². The smallest absolute Gasteiger partial charge is 1.00 e. The molecule has 61 heavy (non-hydrogen) atoms. The summed E-state index contributed by atoms with van der Waals surface area (Å²) < 4.78 is 14.6. The van der Waals surface area contributed by atoms with E-state index >= 15 is 0 Å². The largest absolute Gasteiger partial charge is 2.00 e. The third kappa shape index (κ3) is 48.2. The predicted molar refractivity (Wildman–Crippen MR) is 224 cm³/mol. The Balaban J connectivity index is -0.000000720. The van der Waals surface area contributed by atoms with Crippen LogP contribution in [0.15, 0.2) is 0 Å². The molecule has 346 valence electrons. The number of nitrogens with one attached hydrogen (secondary N) is 1. The molecule has 0 aliphatic carbocycles. The number of hydrogen-bond donors (Lipinski definition) is 4. The Labute approximate surface area is 443 Å². The molecule has 5 N–H and O–H groups in total. The molecular formula is C43H80Cl2MgN2Na2O11. The molecule has 0 heterocycles. The number of ether oxygens (including phenoxy) is 3. The van der Waals surface area contributed by atoms with Gasteiger partial charge < -0.3 is 63.1 Å². The zero-order valence-corrected chi connectivity index (χ0v) is 45.4. The van der Waals surface area contributed by atoms with Crippen LogP contribution >= 0.6 is 0 Å². The zero-order valence-electron chi connectivity index (χ0n) is 40.5. The van der Waals surface area contributed by atoms with Gasteiger partial charge in [-0.3, -0.25) is 19.2 Å². The van der Waals surface area contributed by atoms with E-state index in [1.54, 1.807) is 0 Å². The van der Waals surface area contributed by atoms with Gasteiger partial charge in [0.2, 0.25) is 5.91 Å². The fourth-order valence-electron chi connectivity index (χ4n) is 6.21. The summed E-state index contributed by atoms with van der Waals surface area (Å²) in [5.41, 5.74) is 5.78. The van der Waals surface area contributed by atoms with Crippen LogP contribution in [0.1, 0.15) is 209 Å². The van der Waals surface area contributed by atoms with Crippen LogP contribution in [0.5, 0.6) is 0 Å². The predicted octanol–water partition coefficient (Wildman–Crippen LogP) is -4.56. The van der Waals surface area contributed by atoms with E-state index in [0.29, 0.717) is 12.8 Å². The molecule has 0 aromatic heterocycles. The van der Waals surface area contributed by atoms with Crippen LogP contribution in [0.25, 0.3) is 0 Å². The molecule has 0 saturated heterocycles. The van der Waals surface area contributed by atoms with E-state index in [1.165, 1.54) is 103 Å². The molecule has 0 aromatic carbocycles. The summed E-state index contributed by atoms with van der Waals surface area (Å²) in [6.07, 6.45) is 25.3. The Morgan fingerprint density at radius 3 is 1.31 bits per heavy atom. The first-order valence-electron chi connectivity index (χ1n) is 22.0. The molecule has 0 aliphatic rings. The molecule has 0 bridgehead atoms. The monoisotopic (exact) mass is 940 g/mol. The van der Waals surface area contributed by atoms with Crippen molar-refractivity contribution >= 4 is 58.8 Å². The first-order valence-corrected chi connectivity index (χ1v) is 22.0. The van der Waals surface area contributed by atoms with Crippen molar-refractivity contribution in [2.45, 2.75) is 225 Å². The first-order chi connectivity index (χ1) is 27.0. The average Bonchev–Trinajstić information content (AvgIpc) is 3.18. The van der Waals surface area contributed by atoms with Crippen LogP contribution < -0.4 is 95.0 Å². The Kier molecular flexibility index (Phi) is 63.5. The number of rotatable bonds is 38. The molecule has 0 aromatic rings. The first kappa shape index (κ1) is 73.0. The van der Waals surface area contributed by atoms with Crippen LogP contribution in [0.2, 0.25) is 0 Å². The SMILES string of the molecule is CCCCCCCCCCCCCCCCCC(=O)N[C@@H](CCC(=O)OC(=O)CC[C@H](N)C(=O)OC(=O)CCCCCCCCCCC)C(=O)OCC(O)CO.[Cl-].[Cl-].[H-].[H-].[Mg+2].[Na+].[Na+]. The maximum absolute atomic E-state index is 12.7. The zero-order chi connectivity index (χ0) is 41.7. The van der Waals surface area contributed by atoms with E-state index in [-0.39, 0.29) is 136 Å². The van der Waals surface area contributed by atoms with Crippen molar-refractivity contribution in [2.75, 3.05) is 13.2 Å². The van der Waals surface area contributed by atoms with Gasteiger partial charge >= 0.3 is 112 Å². The quantitative estimate of drug-likeness (QED) is 0.0152. The summed E-state index contributed by atoms with van der Waals surface area (Å²) >= 11 is 0. The van der Waals surface area contributed by atoms with Crippen LogP contribution in [-0.2, 0) is 43.0 Å². The second-order valence-corrected chi connectivity index (χ2v) is 15.2. The van der Waals surface area contributed by atoms with E-state index in [0.717, 1.165) is 38.5 Å². The van der Waals surface area contributed by atoms with Crippen molar-refractivity contribution in [3.63, 3.8) is 0 Å². The number of hydrogen-bond acceptors (Lipinski definition) is 12. The van der Waals surface area contributed by atoms with Crippen molar-refractivity contribution in [2.24, 2.45) is 5.73 Å². The number of unbranched alkanes of at least 4 members (excludes halogenated alkanes) is 22. The van der Waals surface area contributed by atoms with Gasteiger partial charge in [0.15, 0.2) is 0 Å². The second-order valence-electron chi connectivity index (χ2n) is 15.2. The summed E-state index contributed by atoms with van der Waals surface area (Å²) in [4.78, 5) is 74.2. The van der Waals surface area contributed by atoms with Gasteiger partial charge in [-0.1, -0.05) is 155 Å². The summed E-state index contributed by atoms with van der Waals surface area (Å²) in [6.45, 7) is 3.28. The number of carbonyl (C=O) groups excluding carboxylic acids is 6. The van der Waals surface area contributed by atoms with E-state index < -0.39 is 80.0 Å². The standard InChI is InChI=1S/C43H78N2O11.2ClH.Mg.2Na.2H/c1-3-5-7-9-11-13-14-15-16-17-18-20-21-23-25-27-38(48)45-37(43(53)54-34-35(47)33-46)30-32-41(51)55-40(50)31-29-36(44)42(52)56-39(49)28-26-24-22-19-12-10-8-6-4-2;;;;;;;/h35-37,46-47H,3-34,44H2,1-2H3,(H,45,48);2*1H;;;;;/q;;;+2;2*+1;2*-1/p-2/t35?,36-,37-;;;;;;;/m0......./s1. The number of halogens is 2. The van der Waals surface area contributed by atoms with E-state index in [4.69, 9.17) is 25.1 Å². The second kappa shape index (κ2) is 53.1. The summed E-state index contributed by atoms with van der Waals surface area (Å²) in [5, 5.41) is 21.2. The molecule has 0 radical (unpaired) electrons. The minimum absolute atomic E-state index is 0. The Morgan fingerprint density at radius 2 is 0.902 bits per heavy atom. The molecule has 18 heteroatoms. The van der Waals surface area contributed by atoms with Gasteiger partial charge in [0, 0.05) is 25.7 Å². The van der Waals surface area contributed by atoms with E-state index in [9.17, 15) is 33.9 Å². The Morgan fingerprint density at radius 1 is 0.541 bits per heavy atom. The summed E-state index contributed by atoms with van der Waals surface area (Å²) in [6, 6.07) is -2.51. The molecule has 1 unspecified atom stereocenters. The van der Waals surface area contributed by atoms with Gasteiger partial charge in [-0.2, -0.15) is 0 Å². The van der Waals surface area contributed by atoms with Crippen LogP contribution in [-0.4, -0.2) is 100 Å². The molecule has 3 atom stereocenters. The van der Waals surface area contributed by atoms with Gasteiger partial charge in [-0.05, 0) is 25.7 Å². The fourth-order valence-corrected chi connectivity index (χ4v) is 6.21. The molecule has 0 aliphatic heterocycles. The number of nitrogens with two attached hydrogens (primary N) is 1. The molecular weight excluding hydrogens is 862 g/mol. The van der Waals surface area contributed by atoms with E-state index in [1.807, 2.05) is 0 Å². The van der Waals surface area contributed by atoms with Gasteiger partial charge in [0.05, 0.1) is 6.61 Å². The molecule has 0 spiro atoms. The van der Waals surface area contributed by atoms with Gasteiger partial charge in [0.1, 0.15) is 24.8 Å². The maximum atomic E-state index is 12.7.